The first-order chi connectivity index (χ1) is 9.04. The van der Waals surface area contributed by atoms with Crippen LogP contribution in [0.4, 0.5) is 15.8 Å². The summed E-state index contributed by atoms with van der Waals surface area (Å²) < 4.78 is 13.5. The average Bonchev–Trinajstić information content (AvgIpc) is 2.61. The zero-order chi connectivity index (χ0) is 13.6. The SMILES string of the molecule is NC1CC2CCC(C1)N2c1cc(F)cc([N+](=O)[O-])c1. The number of piperidine rings is 1. The molecule has 2 fully saturated rings. The van der Waals surface area contributed by atoms with Crippen LogP contribution >= 0.6 is 0 Å². The molecule has 0 radical (unpaired) electrons. The van der Waals surface area contributed by atoms with Gasteiger partial charge in [-0.05, 0) is 31.7 Å². The van der Waals surface area contributed by atoms with Crippen LogP contribution in [0.2, 0.25) is 0 Å². The summed E-state index contributed by atoms with van der Waals surface area (Å²) in [5.41, 5.74) is 6.42. The van der Waals surface area contributed by atoms with Gasteiger partial charge in [-0.3, -0.25) is 10.1 Å². The van der Waals surface area contributed by atoms with E-state index in [1.807, 2.05) is 0 Å². The van der Waals surface area contributed by atoms with Crippen molar-refractivity contribution in [2.75, 3.05) is 4.90 Å². The van der Waals surface area contributed by atoms with Gasteiger partial charge in [0.05, 0.1) is 11.0 Å². The van der Waals surface area contributed by atoms with Crippen LogP contribution in [0.3, 0.4) is 0 Å². The minimum absolute atomic E-state index is 0.190. The van der Waals surface area contributed by atoms with E-state index in [1.54, 1.807) is 0 Å². The first kappa shape index (κ1) is 12.3. The van der Waals surface area contributed by atoms with Crippen LogP contribution in [0.1, 0.15) is 25.7 Å². The molecule has 5 nitrogen and oxygen atoms in total. The van der Waals surface area contributed by atoms with E-state index in [1.165, 1.54) is 12.1 Å². The fourth-order valence-corrected chi connectivity index (χ4v) is 3.45. The summed E-state index contributed by atoms with van der Waals surface area (Å²) in [6.07, 6.45) is 3.81. The summed E-state index contributed by atoms with van der Waals surface area (Å²) in [6, 6.07) is 4.57. The number of hydrogen-bond donors (Lipinski definition) is 1. The van der Waals surface area contributed by atoms with Gasteiger partial charge in [0.25, 0.3) is 5.69 Å². The van der Waals surface area contributed by atoms with Gasteiger partial charge in [0.2, 0.25) is 0 Å². The normalized spacial score (nSPS) is 29.6. The summed E-state index contributed by atoms with van der Waals surface area (Å²) in [6.45, 7) is 0. The number of fused-ring (bicyclic) bond motifs is 2. The second-order valence-electron chi connectivity index (χ2n) is 5.45. The Morgan fingerprint density at radius 2 is 1.89 bits per heavy atom. The molecule has 2 unspecified atom stereocenters. The molecule has 1 aromatic rings. The molecule has 0 aliphatic carbocycles. The standard InChI is InChI=1S/C13H16FN3O2/c14-8-3-12(7-13(4-8)17(18)19)16-10-1-2-11(16)6-9(15)5-10/h3-4,7,9-11H,1-2,5-6,15H2. The van der Waals surface area contributed by atoms with Crippen molar-refractivity contribution in [2.45, 2.75) is 43.8 Å². The Balaban J connectivity index is 1.96. The first-order valence-electron chi connectivity index (χ1n) is 6.53. The third-order valence-corrected chi connectivity index (χ3v) is 4.15. The van der Waals surface area contributed by atoms with Crippen molar-refractivity contribution >= 4 is 11.4 Å². The lowest BCUT2D eigenvalue weighted by molar-refractivity contribution is -0.385. The highest BCUT2D eigenvalue weighted by atomic mass is 19.1. The van der Waals surface area contributed by atoms with Crippen LogP contribution in [0.15, 0.2) is 18.2 Å². The quantitative estimate of drug-likeness (QED) is 0.657. The molecule has 19 heavy (non-hydrogen) atoms. The molecule has 1 aromatic carbocycles. The van der Waals surface area contributed by atoms with Crippen LogP contribution in [-0.4, -0.2) is 23.0 Å². The molecule has 0 saturated carbocycles. The molecule has 2 bridgehead atoms. The molecule has 2 N–H and O–H groups in total. The van der Waals surface area contributed by atoms with E-state index in [0.29, 0.717) is 5.69 Å². The number of nitrogens with two attached hydrogens (primary N) is 1. The van der Waals surface area contributed by atoms with E-state index in [2.05, 4.69) is 4.90 Å². The molecule has 0 aromatic heterocycles. The Morgan fingerprint density at radius 1 is 1.26 bits per heavy atom. The van der Waals surface area contributed by atoms with Crippen LogP contribution in [-0.2, 0) is 0 Å². The summed E-state index contributed by atoms with van der Waals surface area (Å²) in [5.74, 6) is -0.557. The van der Waals surface area contributed by atoms with Gasteiger partial charge >= 0.3 is 0 Å². The number of nitrogens with zero attached hydrogens (tertiary/aromatic N) is 2. The van der Waals surface area contributed by atoms with Crippen LogP contribution in [0.5, 0.6) is 0 Å². The van der Waals surface area contributed by atoms with Crippen molar-refractivity contribution in [3.63, 3.8) is 0 Å². The predicted molar refractivity (Wildman–Crippen MR) is 69.6 cm³/mol. The van der Waals surface area contributed by atoms with Crippen molar-refractivity contribution in [1.29, 1.82) is 0 Å². The summed E-state index contributed by atoms with van der Waals surface area (Å²) >= 11 is 0. The highest BCUT2D eigenvalue weighted by molar-refractivity contribution is 5.56. The molecule has 102 valence electrons. The molecule has 3 rings (SSSR count). The second kappa shape index (κ2) is 4.45. The third-order valence-electron chi connectivity index (χ3n) is 4.15. The van der Waals surface area contributed by atoms with Crippen molar-refractivity contribution in [3.05, 3.63) is 34.1 Å². The first-order valence-corrected chi connectivity index (χ1v) is 6.53. The molecule has 2 aliphatic heterocycles. The minimum atomic E-state index is -0.557. The van der Waals surface area contributed by atoms with Gasteiger partial charge < -0.3 is 10.6 Å². The zero-order valence-electron chi connectivity index (χ0n) is 10.5. The molecule has 0 amide bonds. The van der Waals surface area contributed by atoms with E-state index < -0.39 is 10.7 Å². The molecular weight excluding hydrogens is 249 g/mol. The number of rotatable bonds is 2. The molecule has 2 saturated heterocycles. The van der Waals surface area contributed by atoms with E-state index >= 15 is 0 Å². The maximum absolute atomic E-state index is 13.5. The van der Waals surface area contributed by atoms with Gasteiger partial charge in [-0.15, -0.1) is 0 Å². The molecule has 2 heterocycles. The highest BCUT2D eigenvalue weighted by Crippen LogP contribution is 2.40. The molecule has 2 atom stereocenters. The van der Waals surface area contributed by atoms with Crippen LogP contribution in [0, 0.1) is 15.9 Å². The smallest absolute Gasteiger partial charge is 0.274 e. The number of nitro groups is 1. The van der Waals surface area contributed by atoms with Gasteiger partial charge in [0.1, 0.15) is 5.82 Å². The molecule has 6 heteroatoms. The second-order valence-corrected chi connectivity index (χ2v) is 5.45. The fourth-order valence-electron chi connectivity index (χ4n) is 3.45. The molecular formula is C13H16FN3O2. The Labute approximate surface area is 110 Å². The topological polar surface area (TPSA) is 72.4 Å². The Bertz CT molecular complexity index is 509. The zero-order valence-corrected chi connectivity index (χ0v) is 10.5. The number of benzene rings is 1. The lowest BCUT2D eigenvalue weighted by Gasteiger charge is -2.39. The van der Waals surface area contributed by atoms with Gasteiger partial charge in [-0.25, -0.2) is 4.39 Å². The van der Waals surface area contributed by atoms with E-state index in [-0.39, 0.29) is 23.8 Å². The van der Waals surface area contributed by atoms with E-state index in [0.717, 1.165) is 31.7 Å². The third kappa shape index (κ3) is 2.16. The summed E-state index contributed by atoms with van der Waals surface area (Å²) in [7, 11) is 0. The van der Waals surface area contributed by atoms with Gasteiger partial charge in [-0.1, -0.05) is 0 Å². The van der Waals surface area contributed by atoms with Crippen molar-refractivity contribution < 1.29 is 9.31 Å². The van der Waals surface area contributed by atoms with Gasteiger partial charge in [0.15, 0.2) is 0 Å². The van der Waals surface area contributed by atoms with Crippen LogP contribution < -0.4 is 10.6 Å². The lowest BCUT2D eigenvalue weighted by atomic mass is 9.97. The maximum atomic E-state index is 13.5. The van der Waals surface area contributed by atoms with Crippen molar-refractivity contribution in [2.24, 2.45) is 5.73 Å². The fraction of sp³-hybridized carbons (Fsp3) is 0.538. The van der Waals surface area contributed by atoms with Crippen molar-refractivity contribution in [1.82, 2.24) is 0 Å². The Hall–Kier alpha value is -1.69. The van der Waals surface area contributed by atoms with E-state index in [4.69, 9.17) is 5.73 Å². The van der Waals surface area contributed by atoms with Gasteiger partial charge in [0, 0.05) is 29.9 Å². The summed E-state index contributed by atoms with van der Waals surface area (Å²) in [5, 5.41) is 10.8. The number of halogens is 1. The number of nitro benzene ring substituents is 1. The maximum Gasteiger partial charge on any atom is 0.274 e. The Morgan fingerprint density at radius 3 is 2.47 bits per heavy atom. The number of hydrogen-bond acceptors (Lipinski definition) is 4. The Kier molecular flexibility index (Phi) is 2.89. The number of anilines is 1. The van der Waals surface area contributed by atoms with Crippen molar-refractivity contribution in [3.8, 4) is 0 Å². The lowest BCUT2D eigenvalue weighted by Crippen LogP contribution is -2.47. The largest absolute Gasteiger partial charge is 0.365 e. The summed E-state index contributed by atoms with van der Waals surface area (Å²) in [4.78, 5) is 12.4. The van der Waals surface area contributed by atoms with Gasteiger partial charge in [-0.2, -0.15) is 0 Å². The monoisotopic (exact) mass is 265 g/mol. The van der Waals surface area contributed by atoms with E-state index in [9.17, 15) is 14.5 Å². The predicted octanol–water partition coefficient (Wildman–Crippen LogP) is 2.19. The highest BCUT2D eigenvalue weighted by Gasteiger charge is 2.40. The van der Waals surface area contributed by atoms with Crippen LogP contribution in [0.25, 0.3) is 0 Å². The molecule has 0 spiro atoms. The average molecular weight is 265 g/mol. The number of non-ortho nitro benzene ring substituents is 1. The molecule has 2 aliphatic rings. The minimum Gasteiger partial charge on any atom is -0.365 e.